The van der Waals surface area contributed by atoms with Crippen LogP contribution in [0, 0.1) is 35.1 Å². The van der Waals surface area contributed by atoms with Crippen LogP contribution in [0.3, 0.4) is 0 Å². The molecule has 0 atom stereocenters. The number of ether oxygens (including phenoxy) is 1. The largest absolute Gasteiger partial charge is 0.490 e. The first-order chi connectivity index (χ1) is 15.9. The molecule has 2 aromatic rings. The Labute approximate surface area is 194 Å². The standard InChI is InChI=1S/C28H34F4O/c1-3-5-6-8-19-9-11-20(12-10-19)18-33-26-17-22(16-25(30)28(26)32)13-21-14-23(7-4-2)27(31)24(29)15-21/h4,7,14-17,19-20H,3,5-6,8-13,18H2,1-2H3. The molecule has 0 heterocycles. The van der Waals surface area contributed by atoms with Crippen molar-refractivity contribution in [1.82, 2.24) is 0 Å². The highest BCUT2D eigenvalue weighted by molar-refractivity contribution is 5.52. The fraction of sp³-hybridized carbons (Fsp3) is 0.500. The summed E-state index contributed by atoms with van der Waals surface area (Å²) in [5.74, 6) is -2.91. The van der Waals surface area contributed by atoms with E-state index in [1.165, 1.54) is 56.7 Å². The fourth-order valence-electron chi connectivity index (χ4n) is 4.71. The van der Waals surface area contributed by atoms with Gasteiger partial charge in [-0.2, -0.15) is 4.39 Å². The molecule has 1 aliphatic carbocycles. The molecule has 0 aromatic heterocycles. The van der Waals surface area contributed by atoms with Crippen LogP contribution in [-0.4, -0.2) is 6.61 Å². The Kier molecular flexibility index (Phi) is 9.40. The van der Waals surface area contributed by atoms with Crippen molar-refractivity contribution in [3.05, 3.63) is 70.3 Å². The van der Waals surface area contributed by atoms with Gasteiger partial charge in [-0.25, -0.2) is 13.2 Å². The van der Waals surface area contributed by atoms with E-state index < -0.39 is 23.3 Å². The Morgan fingerprint density at radius 3 is 2.15 bits per heavy atom. The maximum atomic E-state index is 14.4. The lowest BCUT2D eigenvalue weighted by atomic mass is 9.80. The maximum absolute atomic E-state index is 14.4. The Balaban J connectivity index is 1.63. The number of benzene rings is 2. The summed E-state index contributed by atoms with van der Waals surface area (Å²) >= 11 is 0. The molecule has 3 rings (SSSR count). The lowest BCUT2D eigenvalue weighted by Gasteiger charge is -2.28. The van der Waals surface area contributed by atoms with E-state index >= 15 is 0 Å². The monoisotopic (exact) mass is 462 g/mol. The maximum Gasteiger partial charge on any atom is 0.200 e. The molecule has 180 valence electrons. The summed E-state index contributed by atoms with van der Waals surface area (Å²) < 4.78 is 62.2. The second-order valence-corrected chi connectivity index (χ2v) is 9.24. The van der Waals surface area contributed by atoms with E-state index in [-0.39, 0.29) is 17.7 Å². The summed E-state index contributed by atoms with van der Waals surface area (Å²) in [6.45, 7) is 4.28. The van der Waals surface area contributed by atoms with E-state index in [2.05, 4.69) is 6.92 Å². The average Bonchev–Trinajstić information content (AvgIpc) is 2.79. The highest BCUT2D eigenvalue weighted by Crippen LogP contribution is 2.33. The van der Waals surface area contributed by atoms with Crippen LogP contribution >= 0.6 is 0 Å². The second-order valence-electron chi connectivity index (χ2n) is 9.24. The number of allylic oxidation sites excluding steroid dienone is 1. The molecule has 0 unspecified atom stereocenters. The van der Waals surface area contributed by atoms with E-state index in [4.69, 9.17) is 4.74 Å². The van der Waals surface area contributed by atoms with Gasteiger partial charge in [0.1, 0.15) is 0 Å². The van der Waals surface area contributed by atoms with Crippen molar-refractivity contribution in [2.75, 3.05) is 6.61 Å². The zero-order valence-electron chi connectivity index (χ0n) is 19.6. The van der Waals surface area contributed by atoms with Crippen molar-refractivity contribution in [3.63, 3.8) is 0 Å². The predicted molar refractivity (Wildman–Crippen MR) is 125 cm³/mol. The van der Waals surface area contributed by atoms with E-state index in [0.29, 0.717) is 23.7 Å². The Morgan fingerprint density at radius 1 is 0.848 bits per heavy atom. The van der Waals surface area contributed by atoms with Crippen molar-refractivity contribution in [2.45, 2.75) is 71.6 Å². The molecule has 0 N–H and O–H groups in total. The lowest BCUT2D eigenvalue weighted by Crippen LogP contribution is -2.20. The van der Waals surface area contributed by atoms with Crippen LogP contribution in [0.15, 0.2) is 30.3 Å². The lowest BCUT2D eigenvalue weighted by molar-refractivity contribution is 0.172. The van der Waals surface area contributed by atoms with E-state index in [1.807, 2.05) is 0 Å². The van der Waals surface area contributed by atoms with Crippen LogP contribution in [0.4, 0.5) is 17.6 Å². The Bertz CT molecular complexity index is 945. The molecule has 0 bridgehead atoms. The third kappa shape index (κ3) is 7.09. The minimum absolute atomic E-state index is 0.119. The van der Waals surface area contributed by atoms with E-state index in [9.17, 15) is 17.6 Å². The molecule has 0 radical (unpaired) electrons. The van der Waals surface area contributed by atoms with Gasteiger partial charge in [-0.3, -0.25) is 0 Å². The Hall–Kier alpha value is -2.30. The summed E-state index contributed by atoms with van der Waals surface area (Å²) in [6, 6.07) is 5.15. The molecule has 0 spiro atoms. The molecule has 1 fully saturated rings. The SMILES string of the molecule is CC=Cc1cc(Cc2cc(F)c(F)c(OCC3CCC(CCCCC)CC3)c2)cc(F)c1F. The smallest absolute Gasteiger partial charge is 0.200 e. The summed E-state index contributed by atoms with van der Waals surface area (Å²) in [5, 5.41) is 0. The molecule has 2 aromatic carbocycles. The Morgan fingerprint density at radius 2 is 1.48 bits per heavy atom. The second kappa shape index (κ2) is 12.2. The van der Waals surface area contributed by atoms with Crippen LogP contribution in [-0.2, 0) is 6.42 Å². The van der Waals surface area contributed by atoms with Gasteiger partial charge < -0.3 is 4.74 Å². The van der Waals surface area contributed by atoms with Gasteiger partial charge in [0.05, 0.1) is 6.61 Å². The van der Waals surface area contributed by atoms with Crippen LogP contribution in [0.2, 0.25) is 0 Å². The average molecular weight is 463 g/mol. The number of hydrogen-bond donors (Lipinski definition) is 0. The minimum Gasteiger partial charge on any atom is -0.490 e. The number of hydrogen-bond acceptors (Lipinski definition) is 1. The van der Waals surface area contributed by atoms with Gasteiger partial charge in [-0.15, -0.1) is 0 Å². The summed E-state index contributed by atoms with van der Waals surface area (Å²) in [7, 11) is 0. The van der Waals surface area contributed by atoms with E-state index in [1.54, 1.807) is 13.0 Å². The molecule has 0 saturated heterocycles. The molecule has 0 amide bonds. The fourth-order valence-corrected chi connectivity index (χ4v) is 4.71. The van der Waals surface area contributed by atoms with Crippen molar-refractivity contribution >= 4 is 6.08 Å². The van der Waals surface area contributed by atoms with E-state index in [0.717, 1.165) is 30.9 Å². The number of halogens is 4. The number of unbranched alkanes of at least 4 members (excludes halogenated alkanes) is 2. The molecular formula is C28H34F4O. The molecule has 33 heavy (non-hydrogen) atoms. The topological polar surface area (TPSA) is 9.23 Å². The normalized spacial score (nSPS) is 18.7. The van der Waals surface area contributed by atoms with Crippen molar-refractivity contribution in [2.24, 2.45) is 11.8 Å². The summed E-state index contributed by atoms with van der Waals surface area (Å²) in [5.41, 5.74) is 1.04. The van der Waals surface area contributed by atoms with Crippen LogP contribution < -0.4 is 4.74 Å². The van der Waals surface area contributed by atoms with Crippen LogP contribution in [0.25, 0.3) is 6.08 Å². The quantitative estimate of drug-likeness (QED) is 0.254. The molecule has 1 nitrogen and oxygen atoms in total. The third-order valence-corrected chi connectivity index (χ3v) is 6.58. The van der Waals surface area contributed by atoms with Gasteiger partial charge in [0.15, 0.2) is 23.2 Å². The predicted octanol–water partition coefficient (Wildman–Crippen LogP) is 8.63. The highest BCUT2D eigenvalue weighted by Gasteiger charge is 2.22. The number of rotatable bonds is 10. The first-order valence-electron chi connectivity index (χ1n) is 12.1. The zero-order valence-corrected chi connectivity index (χ0v) is 19.6. The third-order valence-electron chi connectivity index (χ3n) is 6.58. The molecule has 1 aliphatic rings. The summed E-state index contributed by atoms with van der Waals surface area (Å²) in [6.07, 6.45) is 12.7. The molecule has 5 heteroatoms. The van der Waals surface area contributed by atoms with Crippen molar-refractivity contribution in [3.8, 4) is 5.75 Å². The zero-order chi connectivity index (χ0) is 23.8. The highest BCUT2D eigenvalue weighted by atomic mass is 19.2. The molecule has 1 saturated carbocycles. The van der Waals surface area contributed by atoms with Crippen LogP contribution in [0.5, 0.6) is 5.75 Å². The van der Waals surface area contributed by atoms with Gasteiger partial charge >= 0.3 is 0 Å². The van der Waals surface area contributed by atoms with Gasteiger partial charge in [-0.05, 0) is 73.4 Å². The molecule has 0 aliphatic heterocycles. The van der Waals surface area contributed by atoms with Gasteiger partial charge in [0.25, 0.3) is 0 Å². The van der Waals surface area contributed by atoms with Gasteiger partial charge in [0, 0.05) is 5.56 Å². The van der Waals surface area contributed by atoms with Crippen molar-refractivity contribution in [1.29, 1.82) is 0 Å². The van der Waals surface area contributed by atoms with Gasteiger partial charge in [-0.1, -0.05) is 57.6 Å². The van der Waals surface area contributed by atoms with Gasteiger partial charge in [0.2, 0.25) is 5.82 Å². The van der Waals surface area contributed by atoms with Crippen molar-refractivity contribution < 1.29 is 22.3 Å². The minimum atomic E-state index is -1.01. The summed E-state index contributed by atoms with van der Waals surface area (Å²) in [4.78, 5) is 0. The molecular weight excluding hydrogens is 428 g/mol. The van der Waals surface area contributed by atoms with Crippen LogP contribution in [0.1, 0.15) is 81.9 Å². The first kappa shape index (κ1) is 25.3. The first-order valence-corrected chi connectivity index (χ1v) is 12.1.